The van der Waals surface area contributed by atoms with Gasteiger partial charge < -0.3 is 14.9 Å². The smallest absolute Gasteiger partial charge is 0.355 e. The van der Waals surface area contributed by atoms with E-state index in [0.717, 1.165) is 0 Å². The minimum Gasteiger partial charge on any atom is -0.508 e. The SMILES string of the molecule is O=C(O)C1=CS(=O)(=O)C(Oc2cccc(O)c2)=N1. The number of hydrogen-bond donors (Lipinski definition) is 2. The second-order valence-corrected chi connectivity index (χ2v) is 5.01. The van der Waals surface area contributed by atoms with Crippen LogP contribution in [0.2, 0.25) is 0 Å². The molecule has 2 N–H and O–H groups in total. The third-order valence-electron chi connectivity index (χ3n) is 1.96. The number of carboxylic acid groups (broad SMARTS) is 1. The zero-order chi connectivity index (χ0) is 13.3. The van der Waals surface area contributed by atoms with Gasteiger partial charge >= 0.3 is 11.2 Å². The molecule has 7 nitrogen and oxygen atoms in total. The van der Waals surface area contributed by atoms with Crippen molar-refractivity contribution in [2.45, 2.75) is 0 Å². The first-order valence-corrected chi connectivity index (χ1v) is 6.19. The van der Waals surface area contributed by atoms with Crippen molar-refractivity contribution in [1.29, 1.82) is 0 Å². The summed E-state index contributed by atoms with van der Waals surface area (Å²) in [6, 6.07) is 5.39. The van der Waals surface area contributed by atoms with E-state index in [4.69, 9.17) is 9.84 Å². The molecule has 0 radical (unpaired) electrons. The topological polar surface area (TPSA) is 113 Å². The third-order valence-corrected chi connectivity index (χ3v) is 3.16. The normalized spacial score (nSPS) is 16.9. The molecule has 0 fully saturated rings. The monoisotopic (exact) mass is 269 g/mol. The Kier molecular flexibility index (Phi) is 2.79. The number of aliphatic carboxylic acids is 1. The van der Waals surface area contributed by atoms with Crippen LogP contribution in [0.1, 0.15) is 0 Å². The minimum absolute atomic E-state index is 0.0392. The van der Waals surface area contributed by atoms with Crippen molar-refractivity contribution in [3.8, 4) is 11.5 Å². The number of benzene rings is 1. The number of carbonyl (C=O) groups is 1. The second kappa shape index (κ2) is 4.15. The van der Waals surface area contributed by atoms with Crippen LogP contribution in [0.15, 0.2) is 40.4 Å². The van der Waals surface area contributed by atoms with E-state index >= 15 is 0 Å². The number of phenolic OH excluding ortho intramolecular Hbond substituents is 1. The fourth-order valence-corrected chi connectivity index (χ4v) is 2.20. The zero-order valence-corrected chi connectivity index (χ0v) is 9.59. The predicted octanol–water partition coefficient (Wildman–Crippen LogP) is 0.481. The van der Waals surface area contributed by atoms with E-state index in [9.17, 15) is 18.3 Å². The maximum absolute atomic E-state index is 11.5. The lowest BCUT2D eigenvalue weighted by Gasteiger charge is -2.04. The van der Waals surface area contributed by atoms with E-state index in [0.29, 0.717) is 5.41 Å². The largest absolute Gasteiger partial charge is 0.508 e. The molecule has 1 aromatic rings. The molecule has 1 aromatic carbocycles. The molecule has 0 aromatic heterocycles. The molecule has 18 heavy (non-hydrogen) atoms. The summed E-state index contributed by atoms with van der Waals surface area (Å²) in [6.45, 7) is 0. The quantitative estimate of drug-likeness (QED) is 0.807. The first-order chi connectivity index (χ1) is 8.38. The molecule has 0 amide bonds. The van der Waals surface area contributed by atoms with Gasteiger partial charge in [-0.05, 0) is 12.1 Å². The summed E-state index contributed by atoms with van der Waals surface area (Å²) in [6.07, 6.45) is 0. The summed E-state index contributed by atoms with van der Waals surface area (Å²) in [7, 11) is -3.99. The van der Waals surface area contributed by atoms with E-state index in [1.807, 2.05) is 0 Å². The Labute approximate surface area is 102 Å². The zero-order valence-electron chi connectivity index (χ0n) is 8.77. The lowest BCUT2D eigenvalue weighted by Crippen LogP contribution is -2.15. The molecular formula is C10H7NO6S. The van der Waals surface area contributed by atoms with Crippen LogP contribution in [0.25, 0.3) is 0 Å². The van der Waals surface area contributed by atoms with E-state index < -0.39 is 26.7 Å². The molecule has 0 bridgehead atoms. The molecular weight excluding hydrogens is 262 g/mol. The van der Waals surface area contributed by atoms with Crippen LogP contribution < -0.4 is 4.74 Å². The van der Waals surface area contributed by atoms with Gasteiger partial charge in [0.1, 0.15) is 11.5 Å². The molecule has 1 aliphatic rings. The molecule has 8 heteroatoms. The Morgan fingerprint density at radius 3 is 2.61 bits per heavy atom. The van der Waals surface area contributed by atoms with Gasteiger partial charge in [-0.25, -0.2) is 13.2 Å². The van der Waals surface area contributed by atoms with Crippen molar-refractivity contribution in [2.24, 2.45) is 4.99 Å². The molecule has 0 unspecified atom stereocenters. The first-order valence-electron chi connectivity index (χ1n) is 4.64. The highest BCUT2D eigenvalue weighted by atomic mass is 32.2. The number of hydrogen-bond acceptors (Lipinski definition) is 6. The maximum atomic E-state index is 11.5. The van der Waals surface area contributed by atoms with Crippen molar-refractivity contribution in [1.82, 2.24) is 0 Å². The van der Waals surface area contributed by atoms with E-state index in [1.54, 1.807) is 0 Å². The van der Waals surface area contributed by atoms with Crippen LogP contribution in [-0.4, -0.2) is 29.8 Å². The average Bonchev–Trinajstić information content (AvgIpc) is 2.55. The number of phenols is 1. The average molecular weight is 269 g/mol. The van der Waals surface area contributed by atoms with Crippen LogP contribution in [0.5, 0.6) is 11.5 Å². The third kappa shape index (κ3) is 2.33. The number of ether oxygens (including phenoxy) is 1. The molecule has 0 atom stereocenters. The van der Waals surface area contributed by atoms with Crippen LogP contribution in [0.3, 0.4) is 0 Å². The molecule has 0 aliphatic carbocycles. The fourth-order valence-electron chi connectivity index (χ4n) is 1.21. The number of rotatable bonds is 2. The predicted molar refractivity (Wildman–Crippen MR) is 60.8 cm³/mol. The van der Waals surface area contributed by atoms with Crippen molar-refractivity contribution in [3.63, 3.8) is 0 Å². The summed E-state index contributed by atoms with van der Waals surface area (Å²) in [5, 5.41) is 17.6. The lowest BCUT2D eigenvalue weighted by atomic mass is 10.3. The van der Waals surface area contributed by atoms with Crippen molar-refractivity contribution >= 4 is 21.0 Å². The lowest BCUT2D eigenvalue weighted by molar-refractivity contribution is -0.132. The van der Waals surface area contributed by atoms with Gasteiger partial charge in [-0.1, -0.05) is 6.07 Å². The summed E-state index contributed by atoms with van der Waals surface area (Å²) >= 11 is 0. The van der Waals surface area contributed by atoms with E-state index in [-0.39, 0.29) is 11.5 Å². The highest BCUT2D eigenvalue weighted by molar-refractivity contribution is 8.08. The van der Waals surface area contributed by atoms with Gasteiger partial charge in [-0.2, -0.15) is 4.99 Å². The van der Waals surface area contributed by atoms with Crippen LogP contribution >= 0.6 is 0 Å². The molecule has 0 spiro atoms. The number of nitrogens with zero attached hydrogens (tertiary/aromatic N) is 1. The summed E-state index contributed by atoms with van der Waals surface area (Å²) < 4.78 is 28.0. The van der Waals surface area contributed by atoms with Gasteiger partial charge in [0, 0.05) is 6.07 Å². The van der Waals surface area contributed by atoms with Crippen molar-refractivity contribution in [2.75, 3.05) is 0 Å². The molecule has 1 heterocycles. The van der Waals surface area contributed by atoms with Gasteiger partial charge in [0.2, 0.25) is 0 Å². The van der Waals surface area contributed by atoms with E-state index in [2.05, 4.69) is 4.99 Å². The van der Waals surface area contributed by atoms with E-state index in [1.165, 1.54) is 24.3 Å². The number of sulfone groups is 1. The first kappa shape index (κ1) is 12.1. The van der Waals surface area contributed by atoms with Crippen LogP contribution in [0, 0.1) is 0 Å². The highest BCUT2D eigenvalue weighted by Gasteiger charge is 2.30. The van der Waals surface area contributed by atoms with Crippen LogP contribution in [0.4, 0.5) is 0 Å². The fraction of sp³-hybridized carbons (Fsp3) is 0. The van der Waals surface area contributed by atoms with Gasteiger partial charge in [-0.3, -0.25) is 0 Å². The van der Waals surface area contributed by atoms with Gasteiger partial charge in [-0.15, -0.1) is 0 Å². The van der Waals surface area contributed by atoms with Gasteiger partial charge in [0.05, 0.1) is 5.41 Å². The number of aromatic hydroxyl groups is 1. The Balaban J connectivity index is 2.32. The second-order valence-electron chi connectivity index (χ2n) is 3.33. The Morgan fingerprint density at radius 1 is 1.33 bits per heavy atom. The highest BCUT2D eigenvalue weighted by Crippen LogP contribution is 2.22. The summed E-state index contributed by atoms with van der Waals surface area (Å²) in [5.41, 5.74) is -0.620. The standard InChI is InChI=1S/C10H7NO6S/c12-6-2-1-3-7(4-6)17-10-11-8(9(13)14)5-18(10,15)16/h1-5,12H,(H,13,14). The molecule has 1 aliphatic heterocycles. The molecule has 94 valence electrons. The van der Waals surface area contributed by atoms with Gasteiger partial charge in [0.15, 0.2) is 5.70 Å². The summed E-state index contributed by atoms with van der Waals surface area (Å²) in [4.78, 5) is 14.0. The number of aliphatic imine (C=N–C) groups is 1. The molecule has 0 saturated carbocycles. The molecule has 2 rings (SSSR count). The van der Waals surface area contributed by atoms with Crippen molar-refractivity contribution in [3.05, 3.63) is 35.4 Å². The Hall–Kier alpha value is -2.35. The maximum Gasteiger partial charge on any atom is 0.355 e. The van der Waals surface area contributed by atoms with Crippen LogP contribution in [-0.2, 0) is 14.6 Å². The van der Waals surface area contributed by atoms with Gasteiger partial charge in [0.25, 0.3) is 9.84 Å². The Morgan fingerprint density at radius 2 is 2.06 bits per heavy atom. The minimum atomic E-state index is -3.99. The number of carboxylic acids is 1. The Bertz CT molecular complexity index is 673. The summed E-state index contributed by atoms with van der Waals surface area (Å²) in [5.74, 6) is -1.54. The molecule has 0 saturated heterocycles. The van der Waals surface area contributed by atoms with Crippen molar-refractivity contribution < 1.29 is 28.2 Å².